The van der Waals surface area contributed by atoms with Crippen molar-refractivity contribution >= 4 is 29.2 Å². The zero-order chi connectivity index (χ0) is 18.7. The van der Waals surface area contributed by atoms with Crippen LogP contribution in [0.1, 0.15) is 23.7 Å². The van der Waals surface area contributed by atoms with Gasteiger partial charge in [0.15, 0.2) is 0 Å². The lowest BCUT2D eigenvalue weighted by molar-refractivity contribution is -0.121. The Labute approximate surface area is 150 Å². The largest absolute Gasteiger partial charge is 0.506 e. The standard InChI is InChI=1S/C19H18N2O5/c1-2-26-19(25)12-7-9-13(10-8-12)21-17(23)11-15(18(21)24)20-14-5-3-4-6-16(14)22/h3-10,15,20,22H,2,11H2,1H3/t15-/m0/s1. The lowest BCUT2D eigenvalue weighted by atomic mass is 10.2. The number of benzene rings is 2. The van der Waals surface area contributed by atoms with Crippen LogP contribution in [0.25, 0.3) is 0 Å². The predicted octanol–water partition coefficient (Wildman–Crippen LogP) is 2.31. The zero-order valence-electron chi connectivity index (χ0n) is 14.1. The summed E-state index contributed by atoms with van der Waals surface area (Å²) < 4.78 is 4.91. The van der Waals surface area contributed by atoms with E-state index < -0.39 is 17.9 Å². The van der Waals surface area contributed by atoms with E-state index in [-0.39, 0.29) is 24.7 Å². The molecule has 0 aliphatic carbocycles. The molecular formula is C19H18N2O5. The highest BCUT2D eigenvalue weighted by Crippen LogP contribution is 2.28. The first-order valence-corrected chi connectivity index (χ1v) is 8.19. The number of rotatable bonds is 5. The molecule has 0 aromatic heterocycles. The fourth-order valence-electron chi connectivity index (χ4n) is 2.76. The summed E-state index contributed by atoms with van der Waals surface area (Å²) in [6.45, 7) is 1.98. The van der Waals surface area contributed by atoms with E-state index in [1.54, 1.807) is 25.1 Å². The summed E-state index contributed by atoms with van der Waals surface area (Å²) in [5.74, 6) is -1.23. The molecule has 2 aromatic rings. The number of carbonyl (C=O) groups is 3. The molecule has 1 aliphatic rings. The minimum atomic E-state index is -0.763. The number of anilines is 2. The minimum absolute atomic E-state index is 0.00462. The van der Waals surface area contributed by atoms with Crippen LogP contribution in [-0.2, 0) is 14.3 Å². The molecule has 1 atom stereocenters. The van der Waals surface area contributed by atoms with Gasteiger partial charge in [0.1, 0.15) is 11.8 Å². The molecular weight excluding hydrogens is 336 g/mol. The summed E-state index contributed by atoms with van der Waals surface area (Å²) in [6.07, 6.45) is -0.0210. The van der Waals surface area contributed by atoms with Crippen molar-refractivity contribution in [1.82, 2.24) is 0 Å². The first-order valence-electron chi connectivity index (χ1n) is 8.19. The Morgan fingerprint density at radius 3 is 2.54 bits per heavy atom. The molecule has 0 radical (unpaired) electrons. The van der Waals surface area contributed by atoms with E-state index in [4.69, 9.17) is 4.74 Å². The Kier molecular flexibility index (Phi) is 4.88. The monoisotopic (exact) mass is 354 g/mol. The molecule has 0 bridgehead atoms. The van der Waals surface area contributed by atoms with E-state index in [1.807, 2.05) is 0 Å². The number of phenols is 1. The van der Waals surface area contributed by atoms with Crippen LogP contribution < -0.4 is 10.2 Å². The van der Waals surface area contributed by atoms with E-state index >= 15 is 0 Å². The van der Waals surface area contributed by atoms with Gasteiger partial charge >= 0.3 is 5.97 Å². The average Bonchev–Trinajstić information content (AvgIpc) is 2.91. The van der Waals surface area contributed by atoms with Crippen LogP contribution in [0, 0.1) is 0 Å². The third-order valence-electron chi connectivity index (χ3n) is 4.02. The molecule has 1 saturated heterocycles. The van der Waals surface area contributed by atoms with Gasteiger partial charge < -0.3 is 15.2 Å². The topological polar surface area (TPSA) is 95.9 Å². The van der Waals surface area contributed by atoms with Crippen LogP contribution >= 0.6 is 0 Å². The highest BCUT2D eigenvalue weighted by atomic mass is 16.5. The van der Waals surface area contributed by atoms with Crippen molar-refractivity contribution in [2.45, 2.75) is 19.4 Å². The number of esters is 1. The van der Waals surface area contributed by atoms with Crippen molar-refractivity contribution < 1.29 is 24.2 Å². The number of hydrogen-bond donors (Lipinski definition) is 2. The number of ether oxygens (including phenoxy) is 1. The summed E-state index contributed by atoms with van der Waals surface area (Å²) in [6, 6.07) is 11.8. The lowest BCUT2D eigenvalue weighted by Gasteiger charge is -2.16. The van der Waals surface area contributed by atoms with Crippen LogP contribution in [0.4, 0.5) is 11.4 Å². The highest BCUT2D eigenvalue weighted by molar-refractivity contribution is 6.23. The molecule has 1 aliphatic heterocycles. The van der Waals surface area contributed by atoms with Gasteiger partial charge in [-0.15, -0.1) is 0 Å². The molecule has 26 heavy (non-hydrogen) atoms. The van der Waals surface area contributed by atoms with Crippen LogP contribution in [0.15, 0.2) is 48.5 Å². The van der Waals surface area contributed by atoms with E-state index in [1.165, 1.54) is 30.3 Å². The number of hydrogen-bond acceptors (Lipinski definition) is 6. The van der Waals surface area contributed by atoms with Crippen molar-refractivity contribution in [3.8, 4) is 5.75 Å². The number of nitrogens with zero attached hydrogens (tertiary/aromatic N) is 1. The molecule has 0 saturated carbocycles. The van der Waals surface area contributed by atoms with Gasteiger partial charge in [-0.2, -0.15) is 0 Å². The van der Waals surface area contributed by atoms with Crippen LogP contribution in [0.5, 0.6) is 5.75 Å². The summed E-state index contributed by atoms with van der Waals surface area (Å²) in [7, 11) is 0. The number of phenolic OH excluding ortho intramolecular Hbond substituents is 1. The number of para-hydroxylation sites is 2. The second-order valence-electron chi connectivity index (χ2n) is 5.75. The van der Waals surface area contributed by atoms with Crippen molar-refractivity contribution in [3.05, 3.63) is 54.1 Å². The Bertz CT molecular complexity index is 847. The number of nitrogens with one attached hydrogen (secondary N) is 1. The van der Waals surface area contributed by atoms with E-state index in [0.29, 0.717) is 16.9 Å². The van der Waals surface area contributed by atoms with Crippen molar-refractivity contribution in [1.29, 1.82) is 0 Å². The van der Waals surface area contributed by atoms with Crippen LogP contribution in [-0.4, -0.2) is 35.5 Å². The van der Waals surface area contributed by atoms with Gasteiger partial charge in [0.25, 0.3) is 5.91 Å². The number of imide groups is 1. The smallest absolute Gasteiger partial charge is 0.338 e. The minimum Gasteiger partial charge on any atom is -0.506 e. The molecule has 0 spiro atoms. The number of carbonyl (C=O) groups excluding carboxylic acids is 3. The van der Waals surface area contributed by atoms with Gasteiger partial charge in [-0.25, -0.2) is 9.69 Å². The third-order valence-corrected chi connectivity index (χ3v) is 4.02. The summed E-state index contributed by atoms with van der Waals surface area (Å²) in [5.41, 5.74) is 1.12. The lowest BCUT2D eigenvalue weighted by Crippen LogP contribution is -2.34. The second-order valence-corrected chi connectivity index (χ2v) is 5.75. The molecule has 2 N–H and O–H groups in total. The van der Waals surface area contributed by atoms with Crippen molar-refractivity contribution in [2.75, 3.05) is 16.8 Å². The van der Waals surface area contributed by atoms with Gasteiger partial charge in [0, 0.05) is 0 Å². The van der Waals surface area contributed by atoms with Crippen LogP contribution in [0.2, 0.25) is 0 Å². The Hall–Kier alpha value is -3.35. The zero-order valence-corrected chi connectivity index (χ0v) is 14.1. The third kappa shape index (κ3) is 3.37. The van der Waals surface area contributed by atoms with Gasteiger partial charge in [0.2, 0.25) is 5.91 Å². The van der Waals surface area contributed by atoms with E-state index in [0.717, 1.165) is 4.90 Å². The number of aromatic hydroxyl groups is 1. The van der Waals surface area contributed by atoms with Crippen molar-refractivity contribution in [2.24, 2.45) is 0 Å². The highest BCUT2D eigenvalue weighted by Gasteiger charge is 2.39. The average molecular weight is 354 g/mol. The summed E-state index contributed by atoms with van der Waals surface area (Å²) in [5, 5.41) is 12.7. The van der Waals surface area contributed by atoms with Crippen molar-refractivity contribution in [3.63, 3.8) is 0 Å². The fraction of sp³-hybridized carbons (Fsp3) is 0.211. The first-order chi connectivity index (χ1) is 12.5. The summed E-state index contributed by atoms with van der Waals surface area (Å²) in [4.78, 5) is 37.7. The molecule has 2 amide bonds. The summed E-state index contributed by atoms with van der Waals surface area (Å²) >= 11 is 0. The molecule has 0 unspecified atom stereocenters. The van der Waals surface area contributed by atoms with Crippen LogP contribution in [0.3, 0.4) is 0 Å². The van der Waals surface area contributed by atoms with Gasteiger partial charge in [-0.1, -0.05) is 12.1 Å². The van der Waals surface area contributed by atoms with Gasteiger partial charge in [0.05, 0.1) is 30.0 Å². The molecule has 1 heterocycles. The quantitative estimate of drug-likeness (QED) is 0.486. The van der Waals surface area contributed by atoms with E-state index in [9.17, 15) is 19.5 Å². The fourth-order valence-corrected chi connectivity index (χ4v) is 2.76. The van der Waals surface area contributed by atoms with Gasteiger partial charge in [-0.05, 0) is 43.3 Å². The second kappa shape index (κ2) is 7.26. The first kappa shape index (κ1) is 17.5. The Morgan fingerprint density at radius 2 is 1.88 bits per heavy atom. The predicted molar refractivity (Wildman–Crippen MR) is 95.0 cm³/mol. The Balaban J connectivity index is 1.77. The molecule has 3 rings (SSSR count). The molecule has 134 valence electrons. The Morgan fingerprint density at radius 1 is 1.19 bits per heavy atom. The van der Waals surface area contributed by atoms with Gasteiger partial charge in [-0.3, -0.25) is 9.59 Å². The maximum Gasteiger partial charge on any atom is 0.338 e. The SMILES string of the molecule is CCOC(=O)c1ccc(N2C(=O)C[C@H](Nc3ccccc3O)C2=O)cc1. The molecule has 7 nitrogen and oxygen atoms in total. The van der Waals surface area contributed by atoms with E-state index in [2.05, 4.69) is 5.32 Å². The normalized spacial score (nSPS) is 16.7. The molecule has 2 aromatic carbocycles. The number of amides is 2. The maximum absolute atomic E-state index is 12.6. The maximum atomic E-state index is 12.6. The molecule has 1 fully saturated rings. The molecule has 7 heteroatoms.